The fourth-order valence-electron chi connectivity index (χ4n) is 3.69. The van der Waals surface area contributed by atoms with Crippen LogP contribution in [0.2, 0.25) is 0 Å². The summed E-state index contributed by atoms with van der Waals surface area (Å²) in [5.74, 6) is -0.459. The molecule has 0 bridgehead atoms. The summed E-state index contributed by atoms with van der Waals surface area (Å²) in [6.45, 7) is 0.529. The molecule has 1 aliphatic rings. The van der Waals surface area contributed by atoms with Crippen molar-refractivity contribution in [2.45, 2.75) is 25.4 Å². The molecule has 1 aromatic carbocycles. The maximum Gasteiger partial charge on any atom is 0.213 e. The molecule has 4 nitrogen and oxygen atoms in total. The molecule has 2 heterocycles. The molecule has 6 heteroatoms. The smallest absolute Gasteiger partial charge is 0.213 e. The van der Waals surface area contributed by atoms with Crippen LogP contribution in [0.5, 0.6) is 0 Å². The topological polar surface area (TPSA) is 53.6 Å². The molecule has 1 atom stereocenters. The van der Waals surface area contributed by atoms with Crippen molar-refractivity contribution < 1.29 is 4.39 Å². The number of hydrogen-bond acceptors (Lipinski definition) is 4. The van der Waals surface area contributed by atoms with E-state index in [0.717, 1.165) is 23.7 Å². The maximum absolute atomic E-state index is 13.5. The first kappa shape index (κ1) is 16.1. The van der Waals surface area contributed by atoms with E-state index in [2.05, 4.69) is 20.3 Å². The average Bonchev–Trinajstić information content (AvgIpc) is 3.13. The summed E-state index contributed by atoms with van der Waals surface area (Å²) >= 11 is 1.62. The van der Waals surface area contributed by atoms with Gasteiger partial charge in [0, 0.05) is 29.1 Å². The first-order chi connectivity index (χ1) is 12.2. The summed E-state index contributed by atoms with van der Waals surface area (Å²) in [5.41, 5.74) is 4.98. The quantitative estimate of drug-likeness (QED) is 0.577. The van der Waals surface area contributed by atoms with E-state index in [9.17, 15) is 9.65 Å². The van der Waals surface area contributed by atoms with Crippen LogP contribution in [0.25, 0.3) is 10.9 Å². The van der Waals surface area contributed by atoms with Crippen molar-refractivity contribution in [3.05, 3.63) is 64.9 Å². The van der Waals surface area contributed by atoms with Crippen LogP contribution in [0.15, 0.2) is 36.4 Å². The number of rotatable bonds is 4. The summed E-state index contributed by atoms with van der Waals surface area (Å²) in [6, 6.07) is 13.3. The van der Waals surface area contributed by atoms with Crippen LogP contribution in [0.1, 0.15) is 22.5 Å². The van der Waals surface area contributed by atoms with Crippen molar-refractivity contribution in [1.82, 2.24) is 14.3 Å². The van der Waals surface area contributed by atoms with Gasteiger partial charge in [-0.3, -0.25) is 4.72 Å². The Bertz CT molecular complexity index is 989. The van der Waals surface area contributed by atoms with Crippen LogP contribution < -0.4 is 4.72 Å². The van der Waals surface area contributed by atoms with Crippen molar-refractivity contribution in [2.24, 2.45) is 0 Å². The molecule has 25 heavy (non-hydrogen) atoms. The lowest BCUT2D eigenvalue weighted by atomic mass is 10.1. The Labute approximate surface area is 149 Å². The van der Waals surface area contributed by atoms with Crippen LogP contribution in [0.3, 0.4) is 0 Å². The number of hydrogen-bond donors (Lipinski definition) is 1. The summed E-state index contributed by atoms with van der Waals surface area (Å²) in [7, 11) is 0. The largest absolute Gasteiger partial charge is 0.338 e. The summed E-state index contributed by atoms with van der Waals surface area (Å²) in [5, 5.41) is 10.4. The third-order valence-corrected chi connectivity index (χ3v) is 5.25. The summed E-state index contributed by atoms with van der Waals surface area (Å²) < 4.78 is 19.1. The van der Waals surface area contributed by atoms with Gasteiger partial charge in [-0.2, -0.15) is 9.65 Å². The van der Waals surface area contributed by atoms with Gasteiger partial charge in [-0.25, -0.2) is 4.98 Å². The summed E-state index contributed by atoms with van der Waals surface area (Å²) in [4.78, 5) is 4.01. The first-order valence-electron chi connectivity index (χ1n) is 8.13. The van der Waals surface area contributed by atoms with Gasteiger partial charge in [-0.15, -0.1) is 0 Å². The highest BCUT2D eigenvalue weighted by atomic mass is 32.2. The van der Waals surface area contributed by atoms with Gasteiger partial charge < -0.3 is 4.57 Å². The van der Waals surface area contributed by atoms with Crippen molar-refractivity contribution in [2.75, 3.05) is 6.26 Å². The minimum absolute atomic E-state index is 0.377. The Morgan fingerprint density at radius 2 is 2.24 bits per heavy atom. The van der Waals surface area contributed by atoms with E-state index < -0.39 is 5.95 Å². The van der Waals surface area contributed by atoms with E-state index in [1.807, 2.05) is 30.5 Å². The van der Waals surface area contributed by atoms with E-state index in [-0.39, 0.29) is 0 Å². The molecule has 0 aliphatic heterocycles. The molecule has 0 saturated carbocycles. The Kier molecular flexibility index (Phi) is 4.20. The molecule has 2 aromatic heterocycles. The first-order valence-corrected chi connectivity index (χ1v) is 9.36. The number of aromatic nitrogens is 2. The van der Waals surface area contributed by atoms with E-state index >= 15 is 0 Å². The highest BCUT2D eigenvalue weighted by Crippen LogP contribution is 2.34. The van der Waals surface area contributed by atoms with E-state index in [4.69, 9.17) is 0 Å². The third-order valence-electron chi connectivity index (χ3n) is 4.68. The van der Waals surface area contributed by atoms with Gasteiger partial charge in [-0.1, -0.05) is 18.0 Å². The minimum atomic E-state index is -0.459. The van der Waals surface area contributed by atoms with Gasteiger partial charge in [0.1, 0.15) is 0 Å². The van der Waals surface area contributed by atoms with Crippen molar-refractivity contribution in [3.8, 4) is 6.07 Å². The van der Waals surface area contributed by atoms with Crippen molar-refractivity contribution in [3.63, 3.8) is 0 Å². The maximum atomic E-state index is 13.5. The molecule has 126 valence electrons. The molecule has 0 saturated heterocycles. The van der Waals surface area contributed by atoms with Crippen molar-refractivity contribution >= 4 is 22.9 Å². The number of nitrogens with zero attached hydrogens (tertiary/aromatic N) is 3. The summed E-state index contributed by atoms with van der Waals surface area (Å²) in [6.07, 6.45) is 3.88. The highest BCUT2D eigenvalue weighted by molar-refractivity contribution is 7.96. The van der Waals surface area contributed by atoms with Gasteiger partial charge in [0.05, 0.1) is 23.9 Å². The van der Waals surface area contributed by atoms with E-state index in [0.29, 0.717) is 23.8 Å². The molecule has 0 radical (unpaired) electrons. The zero-order valence-corrected chi connectivity index (χ0v) is 14.6. The number of benzene rings is 1. The van der Waals surface area contributed by atoms with Crippen LogP contribution in [-0.4, -0.2) is 21.8 Å². The average molecular weight is 352 g/mol. The zero-order chi connectivity index (χ0) is 17.4. The molecule has 1 unspecified atom stereocenters. The molecule has 1 N–H and O–H groups in total. The van der Waals surface area contributed by atoms with Gasteiger partial charge in [0.2, 0.25) is 5.95 Å². The van der Waals surface area contributed by atoms with E-state index in [1.165, 1.54) is 17.3 Å². The lowest BCUT2D eigenvalue weighted by Gasteiger charge is -2.13. The van der Waals surface area contributed by atoms with Crippen molar-refractivity contribution in [1.29, 1.82) is 5.26 Å². The second kappa shape index (κ2) is 6.51. The molecule has 3 aromatic rings. The van der Waals surface area contributed by atoms with Gasteiger partial charge >= 0.3 is 0 Å². The fourth-order valence-corrected chi connectivity index (χ4v) is 4.19. The van der Waals surface area contributed by atoms with E-state index in [1.54, 1.807) is 18.0 Å². The number of nitrogens with one attached hydrogen (secondary N) is 1. The standard InChI is InChI=1S/C19H17FN4S/c1-25-23-14-8-16-15-7-12(10-21)5-6-17(15)24(18(16)9-14)11-13-3-2-4-19(20)22-13/h2-7,14,23H,8-9,11H2,1H3. The molecule has 4 rings (SSSR count). The van der Waals surface area contributed by atoms with Crippen LogP contribution in [0.4, 0.5) is 4.39 Å². The second-order valence-corrected chi connectivity index (χ2v) is 6.88. The monoisotopic (exact) mass is 352 g/mol. The number of pyridine rings is 1. The zero-order valence-electron chi connectivity index (χ0n) is 13.8. The Balaban J connectivity index is 1.83. The predicted molar refractivity (Wildman–Crippen MR) is 97.8 cm³/mol. The second-order valence-electron chi connectivity index (χ2n) is 6.23. The molecular formula is C19H17FN4S. The van der Waals surface area contributed by atoms with Crippen LogP contribution >= 0.6 is 11.9 Å². The number of fused-ring (bicyclic) bond motifs is 3. The third kappa shape index (κ3) is 2.90. The van der Waals surface area contributed by atoms with Crippen LogP contribution in [-0.2, 0) is 19.4 Å². The molecule has 0 fully saturated rings. The molecular weight excluding hydrogens is 335 g/mol. The number of halogens is 1. The highest BCUT2D eigenvalue weighted by Gasteiger charge is 2.28. The lowest BCUT2D eigenvalue weighted by Crippen LogP contribution is -2.23. The lowest BCUT2D eigenvalue weighted by molar-refractivity contribution is 0.571. The van der Waals surface area contributed by atoms with Gasteiger partial charge in [0.25, 0.3) is 0 Å². The fraction of sp³-hybridized carbons (Fsp3) is 0.263. The molecule has 0 amide bonds. The Hall–Kier alpha value is -2.36. The molecule has 0 spiro atoms. The normalized spacial score (nSPS) is 16.1. The van der Waals surface area contributed by atoms with Crippen LogP contribution in [0, 0.1) is 17.3 Å². The van der Waals surface area contributed by atoms with Gasteiger partial charge in [0.15, 0.2) is 0 Å². The Morgan fingerprint density at radius 1 is 1.36 bits per heavy atom. The number of nitriles is 1. The minimum Gasteiger partial charge on any atom is -0.338 e. The predicted octanol–water partition coefficient (Wildman–Crippen LogP) is 3.43. The SMILES string of the molecule is CSNC1Cc2c(n(Cc3cccc(F)n3)c3ccc(C#N)cc23)C1. The van der Waals surface area contributed by atoms with Gasteiger partial charge in [-0.05, 0) is 48.6 Å². The molecule has 1 aliphatic carbocycles. The Morgan fingerprint density at radius 3 is 3.00 bits per heavy atom.